The first-order valence-electron chi connectivity index (χ1n) is 33.3. The lowest BCUT2D eigenvalue weighted by molar-refractivity contribution is 0.0957. The average Bonchev–Trinajstić information content (AvgIpc) is 1.24. The molecular weight excluding hydrogens is 1320 g/mol. The number of benzene rings is 7. The molecule has 2 aliphatic heterocycles. The monoisotopic (exact) mass is 1410 g/mol. The lowest BCUT2D eigenvalue weighted by atomic mass is 9.98. The fraction of sp³-hybridized carbons (Fsp3) is 0.305. The van der Waals surface area contributed by atoms with Crippen molar-refractivity contribution in [2.75, 3.05) is 0 Å². The van der Waals surface area contributed by atoms with Gasteiger partial charge in [0.2, 0.25) is 0 Å². The zero-order valence-corrected chi connectivity index (χ0v) is 59.4. The number of hydrogen-bond acceptors (Lipinski definition) is 9. The highest BCUT2D eigenvalue weighted by Crippen LogP contribution is 2.29. The second kappa shape index (κ2) is 35.7. The molecule has 0 unspecified atom stereocenters. The van der Waals surface area contributed by atoms with E-state index in [4.69, 9.17) is 11.6 Å². The maximum absolute atomic E-state index is 13.5. The van der Waals surface area contributed by atoms with Crippen LogP contribution in [0.4, 0.5) is 13.2 Å². The Morgan fingerprint density at radius 1 is 0.353 bits per heavy atom. The number of halogens is 4. The smallest absolute Gasteiger partial charge is 0.258 e. The van der Waals surface area contributed by atoms with E-state index >= 15 is 0 Å². The molecule has 14 rings (SSSR count). The van der Waals surface area contributed by atoms with Crippen LogP contribution in [0, 0.1) is 17.5 Å². The van der Waals surface area contributed by atoms with E-state index in [0.29, 0.717) is 96.8 Å². The summed E-state index contributed by atoms with van der Waals surface area (Å²) in [5, 5.41) is 11.2. The number of fused-ring (bicyclic) bond motifs is 7. The van der Waals surface area contributed by atoms with Crippen molar-refractivity contribution in [2.45, 2.75) is 166 Å². The number of carbonyl (C=O) groups excluding carboxylic acids is 2. The first-order chi connectivity index (χ1) is 47.4. The second-order valence-corrected chi connectivity index (χ2v) is 27.1. The van der Waals surface area contributed by atoms with Gasteiger partial charge < -0.3 is 35.6 Å². The van der Waals surface area contributed by atoms with Gasteiger partial charge in [-0.1, -0.05) is 178 Å². The zero-order chi connectivity index (χ0) is 73.0. The molecule has 0 saturated heterocycles. The fourth-order valence-electron chi connectivity index (χ4n) is 11.0. The van der Waals surface area contributed by atoms with E-state index in [1.807, 2.05) is 114 Å². The van der Waals surface area contributed by atoms with E-state index in [0.717, 1.165) is 61.3 Å². The summed E-state index contributed by atoms with van der Waals surface area (Å²) in [6.45, 7) is 29.7. The van der Waals surface area contributed by atoms with Gasteiger partial charge >= 0.3 is 0 Å². The van der Waals surface area contributed by atoms with Crippen molar-refractivity contribution in [1.29, 1.82) is 0 Å². The molecular formula is C82H93ClF3N9O7. The van der Waals surface area contributed by atoms with Gasteiger partial charge in [-0.3, -0.25) is 33.6 Å². The van der Waals surface area contributed by atoms with Gasteiger partial charge in [-0.25, -0.2) is 23.1 Å². The fourth-order valence-corrected chi connectivity index (χ4v) is 11.3. The summed E-state index contributed by atoms with van der Waals surface area (Å²) in [6, 6.07) is 37.0. The molecule has 5 aromatic heterocycles. The van der Waals surface area contributed by atoms with Crippen LogP contribution in [0.1, 0.15) is 224 Å². The van der Waals surface area contributed by atoms with Gasteiger partial charge in [0, 0.05) is 70.4 Å². The van der Waals surface area contributed by atoms with Crippen molar-refractivity contribution >= 4 is 77.5 Å². The molecule has 0 saturated carbocycles. The van der Waals surface area contributed by atoms with Crippen LogP contribution < -0.4 is 38.4 Å². The number of amides is 2. The molecule has 0 fully saturated rings. The zero-order valence-electron chi connectivity index (χ0n) is 58.7. The van der Waals surface area contributed by atoms with Gasteiger partial charge in [-0.05, 0) is 158 Å². The normalized spacial score (nSPS) is 11.8. The van der Waals surface area contributed by atoms with Crippen LogP contribution in [0.5, 0.6) is 0 Å². The summed E-state index contributed by atoms with van der Waals surface area (Å²) in [5.41, 5.74) is 10.8. The number of pyridine rings is 3. The minimum absolute atomic E-state index is 0. The Morgan fingerprint density at radius 2 is 0.765 bits per heavy atom. The molecule has 0 atom stereocenters. The number of rotatable bonds is 7. The third-order valence-electron chi connectivity index (χ3n) is 17.3. The molecule has 16 nitrogen and oxygen atoms in total. The first kappa shape index (κ1) is 80.4. The van der Waals surface area contributed by atoms with E-state index in [1.165, 1.54) is 42.1 Å². The molecule has 0 aliphatic carbocycles. The highest BCUT2D eigenvalue weighted by molar-refractivity contribution is 6.35. The molecule has 0 radical (unpaired) electrons. The lowest BCUT2D eigenvalue weighted by Gasteiger charge is -2.08. The van der Waals surface area contributed by atoms with E-state index < -0.39 is 0 Å². The summed E-state index contributed by atoms with van der Waals surface area (Å²) in [5.74, 6) is 1.33. The summed E-state index contributed by atoms with van der Waals surface area (Å²) >= 11 is 5.99. The largest absolute Gasteiger partial charge is 0.348 e. The van der Waals surface area contributed by atoms with Crippen molar-refractivity contribution in [3.05, 3.63) is 288 Å². The lowest BCUT2D eigenvalue weighted by Crippen LogP contribution is -2.12. The minimum Gasteiger partial charge on any atom is -0.348 e. The van der Waals surface area contributed by atoms with Crippen molar-refractivity contribution in [3.63, 3.8) is 0 Å². The second-order valence-electron chi connectivity index (χ2n) is 26.7. The Balaban J connectivity index is 0.000000187. The van der Waals surface area contributed by atoms with Crippen LogP contribution in [-0.2, 0) is 13.1 Å². The Kier molecular flexibility index (Phi) is 28.1. The van der Waals surface area contributed by atoms with Crippen molar-refractivity contribution < 1.29 is 22.8 Å². The van der Waals surface area contributed by atoms with Gasteiger partial charge in [-0.2, -0.15) is 0 Å². The number of H-pyrrole nitrogens is 5. The van der Waals surface area contributed by atoms with Crippen molar-refractivity contribution in [1.82, 2.24) is 45.5 Å². The Morgan fingerprint density at radius 3 is 1.32 bits per heavy atom. The van der Waals surface area contributed by atoms with Crippen LogP contribution in [0.3, 0.4) is 0 Å². The SMILES string of the molecule is C.C.CC(C)c1cc2c(=O)[nH]cnc2cc1F.CC(C)c1cc2c(cc1F)CNC2=O.CC(C)c1ccc2c(Cl)c[nH]c(=O)c2c1.CC(C)c1ccc2c(F)c[nH]c(=O)c2c1.CC(C)c1ccc2c(c1)C(=O)NC2.CC(C)c1ccc2cc[nH]c(=O)c2c1.CC(C)c1ccc2nc[nH]c(=O)c2c1. The topological polar surface area (TPSA) is 248 Å². The quantitative estimate of drug-likeness (QED) is 0.0800. The maximum atomic E-state index is 13.5. The summed E-state index contributed by atoms with van der Waals surface area (Å²) in [6.07, 6.45) is 7.01. The maximum Gasteiger partial charge on any atom is 0.258 e. The van der Waals surface area contributed by atoms with Gasteiger partial charge in [0.25, 0.3) is 39.6 Å². The predicted octanol–water partition coefficient (Wildman–Crippen LogP) is 18.5. The molecule has 7 heterocycles. The molecule has 7 N–H and O–H groups in total. The molecule has 2 aliphatic rings. The molecule has 0 bridgehead atoms. The molecule has 20 heteroatoms. The van der Waals surface area contributed by atoms with E-state index in [2.05, 4.69) is 113 Å². The van der Waals surface area contributed by atoms with E-state index in [1.54, 1.807) is 30.5 Å². The van der Waals surface area contributed by atoms with Crippen molar-refractivity contribution in [3.8, 4) is 0 Å². The Bertz CT molecular complexity index is 5090. The van der Waals surface area contributed by atoms with E-state index in [9.17, 15) is 46.7 Å². The van der Waals surface area contributed by atoms with Gasteiger partial charge in [0.05, 0.1) is 44.9 Å². The van der Waals surface area contributed by atoms with Gasteiger partial charge in [0.1, 0.15) is 17.5 Å². The van der Waals surface area contributed by atoms with Gasteiger partial charge in [-0.15, -0.1) is 0 Å². The third-order valence-corrected chi connectivity index (χ3v) is 17.6. The van der Waals surface area contributed by atoms with Crippen LogP contribution in [-0.4, -0.2) is 46.7 Å². The number of aromatic nitrogens is 7. The average molecular weight is 1410 g/mol. The van der Waals surface area contributed by atoms with Crippen LogP contribution in [0.2, 0.25) is 5.02 Å². The molecule has 7 aromatic carbocycles. The number of aromatic amines is 5. The standard InChI is InChI=1S/C12H12ClNO.C12H12FNO.C12H13NO.C11H11FN2O.C11H12FNO.C11H12N2O.C11H13NO.2CH4/c2*1-7(2)8-3-4-9-10(5-8)12(15)14-6-11(9)13;1-8(2)10-4-3-9-5-6-13-12(14)11(9)7-10;1-6(2)7-3-8-10(4-9(7)12)13-5-14-11(8)15;1-6(2)8-4-9-7(3-10(8)12)5-13-11(9)14;1-7(2)8-3-4-10-9(5-8)11(14)13-6-12-10;1-7(2)8-3-4-9-6-12-11(13)10(9)5-8;;/h2*3-7H,1-2H3,(H,14,15);3-8H,1-2H3,(H,13,14);3-6H,1-2H3,(H,13,14,15);3-4,6H,5H2,1-2H3,(H,13,14);3-7H,1-2H3,(H,12,13,14);3-5,7H,6H2,1-2H3,(H,12,13);2*1H4. The molecule has 102 heavy (non-hydrogen) atoms. The number of carbonyl (C=O) groups is 2. The summed E-state index contributed by atoms with van der Waals surface area (Å²) in [4.78, 5) is 101. The highest BCUT2D eigenvalue weighted by Gasteiger charge is 2.23. The van der Waals surface area contributed by atoms with Gasteiger partial charge in [0.15, 0.2) is 0 Å². The number of nitrogens with one attached hydrogen (secondary N) is 7. The molecule has 0 spiro atoms. The summed E-state index contributed by atoms with van der Waals surface area (Å²) < 4.78 is 40.4. The Hall–Kier alpha value is -10.5. The first-order valence-corrected chi connectivity index (χ1v) is 33.7. The van der Waals surface area contributed by atoms with Crippen LogP contribution in [0.15, 0.2) is 177 Å². The summed E-state index contributed by atoms with van der Waals surface area (Å²) in [7, 11) is 0. The highest BCUT2D eigenvalue weighted by atomic mass is 35.5. The van der Waals surface area contributed by atoms with Crippen LogP contribution >= 0.6 is 11.6 Å². The number of hydrogen-bond donors (Lipinski definition) is 7. The minimum atomic E-state index is -0.389. The molecule has 536 valence electrons. The van der Waals surface area contributed by atoms with E-state index in [-0.39, 0.29) is 83.8 Å². The molecule has 12 aromatic rings. The van der Waals surface area contributed by atoms with Crippen molar-refractivity contribution in [2.24, 2.45) is 0 Å². The van der Waals surface area contributed by atoms with Crippen LogP contribution in [0.25, 0.3) is 54.1 Å². The predicted molar refractivity (Wildman–Crippen MR) is 411 cm³/mol. The third kappa shape index (κ3) is 19.7. The number of nitrogens with zero attached hydrogens (tertiary/aromatic N) is 2. The molecule has 2 amide bonds. The Labute approximate surface area is 597 Å².